The normalized spacial score (nSPS) is 13.9. The van der Waals surface area contributed by atoms with E-state index in [4.69, 9.17) is 16.3 Å². The van der Waals surface area contributed by atoms with Gasteiger partial charge in [0, 0.05) is 12.1 Å². The third-order valence-electron chi connectivity index (χ3n) is 4.62. The third-order valence-corrected chi connectivity index (χ3v) is 6.32. The number of phenolic OH excluding ortho intramolecular Hbond substituents is 1. The molecule has 0 unspecified atom stereocenters. The molecule has 1 aliphatic heterocycles. The van der Waals surface area contributed by atoms with Crippen LogP contribution < -0.4 is 9.46 Å². The fourth-order valence-electron chi connectivity index (χ4n) is 2.99. The second-order valence-electron chi connectivity index (χ2n) is 7.17. The van der Waals surface area contributed by atoms with Gasteiger partial charge in [-0.2, -0.15) is 0 Å². The molecule has 1 heterocycles. The molecule has 0 bridgehead atoms. The lowest BCUT2D eigenvalue weighted by molar-refractivity contribution is 0.418. The van der Waals surface area contributed by atoms with Gasteiger partial charge in [-0.1, -0.05) is 35.9 Å². The summed E-state index contributed by atoms with van der Waals surface area (Å²) >= 11 is 5.72. The van der Waals surface area contributed by atoms with Crippen molar-refractivity contribution in [2.75, 3.05) is 24.9 Å². The Morgan fingerprint density at radius 2 is 1.61 bits per heavy atom. The van der Waals surface area contributed by atoms with Gasteiger partial charge in [0.1, 0.15) is 17.2 Å². The van der Waals surface area contributed by atoms with Gasteiger partial charge in [0.15, 0.2) is 0 Å². The Bertz CT molecular complexity index is 1100. The van der Waals surface area contributed by atoms with Gasteiger partial charge in [0.2, 0.25) is 0 Å². The predicted molar refractivity (Wildman–Crippen MR) is 124 cm³/mol. The van der Waals surface area contributed by atoms with E-state index in [1.807, 2.05) is 18.2 Å². The van der Waals surface area contributed by atoms with E-state index in [9.17, 15) is 13.5 Å². The van der Waals surface area contributed by atoms with E-state index >= 15 is 0 Å². The Morgan fingerprint density at radius 3 is 2.23 bits per heavy atom. The molecule has 2 N–H and O–H groups in total. The number of hydrogen-bond donors (Lipinski definition) is 2. The van der Waals surface area contributed by atoms with Crippen LogP contribution >= 0.6 is 11.6 Å². The van der Waals surface area contributed by atoms with Crippen LogP contribution in [0.2, 0.25) is 5.02 Å². The molecule has 0 radical (unpaired) electrons. The molecule has 3 aromatic rings. The first-order chi connectivity index (χ1) is 14.8. The predicted octanol–water partition coefficient (Wildman–Crippen LogP) is 5.35. The standard InChI is InChI=1S/C18H14ClNO4S.C5H11N/c19-17-10-9-13(11-18(17)21)20-25(22,23)16-8-4-7-15(12-16)24-14-5-2-1-3-6-14;1-6-4-2-3-5-6/h1-12,20-21H;2-5H2,1H3. The number of sulfonamides is 1. The van der Waals surface area contributed by atoms with Crippen molar-refractivity contribution in [2.24, 2.45) is 0 Å². The van der Waals surface area contributed by atoms with E-state index in [0.29, 0.717) is 11.5 Å². The molecule has 164 valence electrons. The number of nitrogens with zero attached hydrogens (tertiary/aromatic N) is 1. The van der Waals surface area contributed by atoms with Gasteiger partial charge in [-0.05, 0) is 69.4 Å². The molecule has 6 nitrogen and oxygen atoms in total. The van der Waals surface area contributed by atoms with Crippen LogP contribution in [-0.2, 0) is 10.0 Å². The van der Waals surface area contributed by atoms with Crippen LogP contribution in [0.5, 0.6) is 17.2 Å². The number of hydrogen-bond acceptors (Lipinski definition) is 5. The zero-order chi connectivity index (χ0) is 22.3. The SMILES string of the molecule is CN1CCCC1.O=S(=O)(Nc1ccc(Cl)c(O)c1)c1cccc(Oc2ccccc2)c1. The number of aromatic hydroxyl groups is 1. The Labute approximate surface area is 188 Å². The van der Waals surface area contributed by atoms with Gasteiger partial charge >= 0.3 is 0 Å². The lowest BCUT2D eigenvalue weighted by Crippen LogP contribution is -2.12. The van der Waals surface area contributed by atoms with Crippen molar-refractivity contribution in [3.63, 3.8) is 0 Å². The van der Waals surface area contributed by atoms with Crippen LogP contribution in [0.1, 0.15) is 12.8 Å². The number of rotatable bonds is 5. The molecule has 1 aliphatic rings. The second-order valence-corrected chi connectivity index (χ2v) is 9.26. The third kappa shape index (κ3) is 6.89. The highest BCUT2D eigenvalue weighted by Crippen LogP contribution is 2.29. The topological polar surface area (TPSA) is 78.9 Å². The molecule has 4 rings (SSSR count). The average molecular weight is 461 g/mol. The highest BCUT2D eigenvalue weighted by atomic mass is 35.5. The van der Waals surface area contributed by atoms with Gasteiger partial charge < -0.3 is 14.7 Å². The van der Waals surface area contributed by atoms with Gasteiger partial charge in [-0.25, -0.2) is 8.42 Å². The van der Waals surface area contributed by atoms with Crippen molar-refractivity contribution in [3.05, 3.63) is 77.8 Å². The summed E-state index contributed by atoms with van der Waals surface area (Å²) in [5.74, 6) is 0.795. The first-order valence-corrected chi connectivity index (χ1v) is 11.7. The van der Waals surface area contributed by atoms with Crippen LogP contribution in [0.4, 0.5) is 5.69 Å². The zero-order valence-electron chi connectivity index (χ0n) is 17.2. The van der Waals surface area contributed by atoms with Crippen LogP contribution in [0.25, 0.3) is 0 Å². The molecule has 0 atom stereocenters. The van der Waals surface area contributed by atoms with Gasteiger partial charge in [0.25, 0.3) is 10.0 Å². The maximum Gasteiger partial charge on any atom is 0.262 e. The molecular weight excluding hydrogens is 436 g/mol. The number of benzene rings is 3. The lowest BCUT2D eigenvalue weighted by Gasteiger charge is -2.11. The van der Waals surface area contributed by atoms with Crippen molar-refractivity contribution < 1.29 is 18.3 Å². The molecular formula is C23H25ClN2O4S. The summed E-state index contributed by atoms with van der Waals surface area (Å²) in [6.07, 6.45) is 2.83. The summed E-state index contributed by atoms with van der Waals surface area (Å²) in [6.45, 7) is 2.64. The van der Waals surface area contributed by atoms with Gasteiger partial charge in [-0.3, -0.25) is 4.72 Å². The van der Waals surface area contributed by atoms with Crippen LogP contribution in [-0.4, -0.2) is 38.6 Å². The molecule has 0 spiro atoms. The zero-order valence-corrected chi connectivity index (χ0v) is 18.7. The van der Waals surface area contributed by atoms with E-state index in [-0.39, 0.29) is 21.4 Å². The quantitative estimate of drug-likeness (QED) is 0.536. The number of phenols is 1. The summed E-state index contributed by atoms with van der Waals surface area (Å²) in [7, 11) is -1.67. The van der Waals surface area contributed by atoms with Gasteiger partial charge in [0.05, 0.1) is 15.6 Å². The molecule has 3 aromatic carbocycles. The first kappa shape index (κ1) is 22.9. The Kier molecular flexibility index (Phi) is 7.79. The molecule has 31 heavy (non-hydrogen) atoms. The molecule has 0 aliphatic carbocycles. The minimum absolute atomic E-state index is 0.0374. The summed E-state index contributed by atoms with van der Waals surface area (Å²) in [6, 6.07) is 19.3. The monoisotopic (exact) mass is 460 g/mol. The van der Waals surface area contributed by atoms with E-state index in [1.165, 1.54) is 56.3 Å². The Hall–Kier alpha value is -2.74. The fourth-order valence-corrected chi connectivity index (χ4v) is 4.20. The number of likely N-dealkylation sites (tertiary alicyclic amines) is 1. The van der Waals surface area contributed by atoms with E-state index in [0.717, 1.165) is 0 Å². The maximum absolute atomic E-state index is 12.5. The highest BCUT2D eigenvalue weighted by molar-refractivity contribution is 7.92. The Morgan fingerprint density at radius 1 is 0.935 bits per heavy atom. The number of anilines is 1. The highest BCUT2D eigenvalue weighted by Gasteiger charge is 2.16. The fraction of sp³-hybridized carbons (Fsp3) is 0.217. The average Bonchev–Trinajstić information content (AvgIpc) is 3.23. The summed E-state index contributed by atoms with van der Waals surface area (Å²) < 4.78 is 33.1. The first-order valence-electron chi connectivity index (χ1n) is 9.86. The van der Waals surface area contributed by atoms with Crippen LogP contribution in [0, 0.1) is 0 Å². The van der Waals surface area contributed by atoms with Crippen molar-refractivity contribution >= 4 is 27.3 Å². The van der Waals surface area contributed by atoms with E-state index < -0.39 is 10.0 Å². The number of para-hydroxylation sites is 1. The lowest BCUT2D eigenvalue weighted by atomic mass is 10.3. The number of nitrogens with one attached hydrogen (secondary N) is 1. The summed E-state index contributed by atoms with van der Waals surface area (Å²) in [5.41, 5.74) is 0.205. The smallest absolute Gasteiger partial charge is 0.262 e. The van der Waals surface area contributed by atoms with Crippen LogP contribution in [0.15, 0.2) is 77.7 Å². The minimum Gasteiger partial charge on any atom is -0.506 e. The molecule has 1 saturated heterocycles. The summed E-state index contributed by atoms with van der Waals surface area (Å²) in [5, 5.41) is 9.73. The van der Waals surface area contributed by atoms with E-state index in [1.54, 1.807) is 24.3 Å². The van der Waals surface area contributed by atoms with Gasteiger partial charge in [-0.15, -0.1) is 0 Å². The minimum atomic E-state index is -3.84. The van der Waals surface area contributed by atoms with Crippen molar-refractivity contribution in [1.82, 2.24) is 4.90 Å². The van der Waals surface area contributed by atoms with Crippen molar-refractivity contribution in [2.45, 2.75) is 17.7 Å². The number of halogens is 1. The van der Waals surface area contributed by atoms with Crippen molar-refractivity contribution in [1.29, 1.82) is 0 Å². The molecule has 8 heteroatoms. The van der Waals surface area contributed by atoms with E-state index in [2.05, 4.69) is 16.7 Å². The molecule has 0 aromatic heterocycles. The van der Waals surface area contributed by atoms with Crippen LogP contribution in [0.3, 0.4) is 0 Å². The Balaban J connectivity index is 0.000000391. The molecule has 0 amide bonds. The van der Waals surface area contributed by atoms with Crippen molar-refractivity contribution in [3.8, 4) is 17.2 Å². The maximum atomic E-state index is 12.5. The molecule has 1 fully saturated rings. The molecule has 0 saturated carbocycles. The largest absolute Gasteiger partial charge is 0.506 e. The second kappa shape index (κ2) is 10.5. The summed E-state index contributed by atoms with van der Waals surface area (Å²) in [4.78, 5) is 2.40. The number of ether oxygens (including phenoxy) is 1.